The molecule has 0 aromatic heterocycles. The van der Waals surface area contributed by atoms with Crippen molar-refractivity contribution in [2.45, 2.75) is 51.3 Å². The number of ether oxygens (including phenoxy) is 1. The molecular formula is C23H31N3O3. The molecule has 4 N–H and O–H groups in total. The number of nitrogens with one attached hydrogen (secondary N) is 3. The van der Waals surface area contributed by atoms with Crippen molar-refractivity contribution in [3.05, 3.63) is 58.7 Å². The minimum atomic E-state index is -0.709. The van der Waals surface area contributed by atoms with Gasteiger partial charge >= 0.3 is 6.03 Å². The second kappa shape index (κ2) is 8.43. The van der Waals surface area contributed by atoms with E-state index in [-0.39, 0.29) is 17.5 Å². The SMILES string of the molecule is CNCc1cc(C(C)(C)C)cc(NC(=O)N[C@@H]2Cc3ccccc3C2O)c1OC. The first-order valence-corrected chi connectivity index (χ1v) is 9.94. The van der Waals surface area contributed by atoms with Gasteiger partial charge in [-0.2, -0.15) is 0 Å². The normalized spacial score (nSPS) is 18.3. The maximum atomic E-state index is 12.8. The van der Waals surface area contributed by atoms with E-state index in [4.69, 9.17) is 4.74 Å². The molecular weight excluding hydrogens is 366 g/mol. The van der Waals surface area contributed by atoms with Gasteiger partial charge in [-0.3, -0.25) is 0 Å². The van der Waals surface area contributed by atoms with Gasteiger partial charge in [0.1, 0.15) is 5.75 Å². The maximum Gasteiger partial charge on any atom is 0.319 e. The molecule has 1 aliphatic rings. The fourth-order valence-corrected chi connectivity index (χ4v) is 3.81. The molecule has 2 aromatic rings. The van der Waals surface area contributed by atoms with Gasteiger partial charge in [0.15, 0.2) is 0 Å². The van der Waals surface area contributed by atoms with Gasteiger partial charge in [0, 0.05) is 12.1 Å². The zero-order chi connectivity index (χ0) is 21.2. The Morgan fingerprint density at radius 2 is 1.97 bits per heavy atom. The smallest absolute Gasteiger partial charge is 0.319 e. The first-order chi connectivity index (χ1) is 13.7. The molecule has 0 aliphatic heterocycles. The highest BCUT2D eigenvalue weighted by Crippen LogP contribution is 2.36. The number of fused-ring (bicyclic) bond motifs is 1. The van der Waals surface area contributed by atoms with Crippen molar-refractivity contribution < 1.29 is 14.6 Å². The molecule has 1 unspecified atom stereocenters. The Kier molecular flexibility index (Phi) is 6.15. The van der Waals surface area contributed by atoms with Crippen LogP contribution < -0.4 is 20.7 Å². The number of amides is 2. The van der Waals surface area contributed by atoms with Crippen molar-refractivity contribution in [1.82, 2.24) is 10.6 Å². The van der Waals surface area contributed by atoms with Crippen LogP contribution in [0, 0.1) is 0 Å². The number of urea groups is 1. The lowest BCUT2D eigenvalue weighted by Gasteiger charge is -2.24. The third kappa shape index (κ3) is 4.54. The maximum absolute atomic E-state index is 12.8. The monoisotopic (exact) mass is 397 g/mol. The van der Waals surface area contributed by atoms with E-state index in [9.17, 15) is 9.90 Å². The highest BCUT2D eigenvalue weighted by molar-refractivity contribution is 5.92. The lowest BCUT2D eigenvalue weighted by molar-refractivity contribution is 0.145. The topological polar surface area (TPSA) is 82.6 Å². The quantitative estimate of drug-likeness (QED) is 0.622. The van der Waals surface area contributed by atoms with Crippen LogP contribution in [0.2, 0.25) is 0 Å². The van der Waals surface area contributed by atoms with Gasteiger partial charge in [0.25, 0.3) is 0 Å². The zero-order valence-electron chi connectivity index (χ0n) is 17.8. The lowest BCUT2D eigenvalue weighted by atomic mass is 9.85. The number of carbonyl (C=O) groups excluding carboxylic acids is 1. The minimum Gasteiger partial charge on any atom is -0.494 e. The van der Waals surface area contributed by atoms with Crippen molar-refractivity contribution in [3.8, 4) is 5.75 Å². The highest BCUT2D eigenvalue weighted by Gasteiger charge is 2.32. The van der Waals surface area contributed by atoms with Crippen LogP contribution in [0.1, 0.15) is 49.1 Å². The first-order valence-electron chi connectivity index (χ1n) is 9.94. The number of hydrogen-bond acceptors (Lipinski definition) is 4. The molecule has 0 bridgehead atoms. The largest absolute Gasteiger partial charge is 0.494 e. The molecule has 0 saturated heterocycles. The van der Waals surface area contributed by atoms with E-state index in [1.54, 1.807) is 7.11 Å². The van der Waals surface area contributed by atoms with Gasteiger partial charge < -0.3 is 25.8 Å². The van der Waals surface area contributed by atoms with E-state index in [0.29, 0.717) is 24.4 Å². The number of benzene rings is 2. The summed E-state index contributed by atoms with van der Waals surface area (Å²) in [5, 5.41) is 19.5. The number of carbonyl (C=O) groups is 1. The summed E-state index contributed by atoms with van der Waals surface area (Å²) in [6.45, 7) is 7.02. The summed E-state index contributed by atoms with van der Waals surface area (Å²) in [5.41, 5.74) is 4.56. The Morgan fingerprint density at radius 3 is 2.59 bits per heavy atom. The molecule has 29 heavy (non-hydrogen) atoms. The van der Waals surface area contributed by atoms with E-state index in [1.807, 2.05) is 37.4 Å². The molecule has 3 rings (SSSR count). The third-order valence-electron chi connectivity index (χ3n) is 5.36. The van der Waals surface area contributed by atoms with Crippen LogP contribution in [0.4, 0.5) is 10.5 Å². The highest BCUT2D eigenvalue weighted by atomic mass is 16.5. The predicted octanol–water partition coefficient (Wildman–Crippen LogP) is 3.49. The molecule has 2 amide bonds. The summed E-state index contributed by atoms with van der Waals surface area (Å²) in [4.78, 5) is 12.8. The second-order valence-corrected chi connectivity index (χ2v) is 8.55. The second-order valence-electron chi connectivity index (χ2n) is 8.55. The number of methoxy groups -OCH3 is 1. The summed E-state index contributed by atoms with van der Waals surface area (Å²) in [6.07, 6.45) is -0.103. The van der Waals surface area contributed by atoms with Gasteiger partial charge in [-0.25, -0.2) is 4.79 Å². The number of rotatable bonds is 5. The zero-order valence-corrected chi connectivity index (χ0v) is 17.8. The van der Waals surface area contributed by atoms with Crippen molar-refractivity contribution in [2.24, 2.45) is 0 Å². The summed E-state index contributed by atoms with van der Waals surface area (Å²) in [5.74, 6) is 0.637. The molecule has 6 nitrogen and oxygen atoms in total. The van der Waals surface area contributed by atoms with Gasteiger partial charge in [0.2, 0.25) is 0 Å². The Balaban J connectivity index is 1.82. The van der Waals surface area contributed by atoms with Crippen molar-refractivity contribution >= 4 is 11.7 Å². The van der Waals surface area contributed by atoms with Gasteiger partial charge in [0.05, 0.1) is 24.9 Å². The van der Waals surface area contributed by atoms with E-state index in [2.05, 4.69) is 42.8 Å². The number of aliphatic hydroxyl groups excluding tert-OH is 1. The summed E-state index contributed by atoms with van der Waals surface area (Å²) in [6, 6.07) is 11.1. The van der Waals surface area contributed by atoms with Gasteiger partial charge in [-0.15, -0.1) is 0 Å². The summed E-state index contributed by atoms with van der Waals surface area (Å²) >= 11 is 0. The van der Waals surface area contributed by atoms with Crippen LogP contribution in [0.25, 0.3) is 0 Å². The molecule has 156 valence electrons. The third-order valence-corrected chi connectivity index (χ3v) is 5.36. The van der Waals surface area contributed by atoms with Gasteiger partial charge in [-0.1, -0.05) is 51.1 Å². The average Bonchev–Trinajstić information content (AvgIpc) is 2.97. The lowest BCUT2D eigenvalue weighted by Crippen LogP contribution is -2.40. The number of anilines is 1. The van der Waals surface area contributed by atoms with E-state index < -0.39 is 6.10 Å². The van der Waals surface area contributed by atoms with Crippen molar-refractivity contribution in [2.75, 3.05) is 19.5 Å². The molecule has 1 aliphatic carbocycles. The van der Waals surface area contributed by atoms with Crippen molar-refractivity contribution in [3.63, 3.8) is 0 Å². The minimum absolute atomic E-state index is 0.0784. The summed E-state index contributed by atoms with van der Waals surface area (Å²) < 4.78 is 5.61. The molecule has 0 radical (unpaired) electrons. The number of hydrogen-bond donors (Lipinski definition) is 4. The summed E-state index contributed by atoms with van der Waals surface area (Å²) in [7, 11) is 3.48. The van der Waals surface area contributed by atoms with Crippen LogP contribution in [0.5, 0.6) is 5.75 Å². The molecule has 6 heteroatoms. The Morgan fingerprint density at radius 1 is 1.24 bits per heavy atom. The van der Waals surface area contributed by atoms with Crippen LogP contribution in [0.15, 0.2) is 36.4 Å². The molecule has 2 aromatic carbocycles. The molecule has 2 atom stereocenters. The fraction of sp³-hybridized carbons (Fsp3) is 0.435. The fourth-order valence-electron chi connectivity index (χ4n) is 3.81. The Hall–Kier alpha value is -2.57. The molecule has 0 spiro atoms. The number of aliphatic hydroxyl groups is 1. The van der Waals surface area contributed by atoms with E-state index in [1.165, 1.54) is 0 Å². The Labute approximate surface area is 172 Å². The first kappa shape index (κ1) is 21.1. The Bertz CT molecular complexity index is 889. The predicted molar refractivity (Wildman–Crippen MR) is 116 cm³/mol. The van der Waals surface area contributed by atoms with E-state index in [0.717, 1.165) is 22.3 Å². The van der Waals surface area contributed by atoms with Crippen LogP contribution >= 0.6 is 0 Å². The van der Waals surface area contributed by atoms with Crippen LogP contribution in [-0.4, -0.2) is 31.3 Å². The molecule has 0 heterocycles. The standard InChI is InChI=1S/C23H31N3O3/c1-23(2,3)16-10-15(13-24-4)21(29-5)19(12-16)26-22(28)25-18-11-14-8-6-7-9-17(14)20(18)27/h6-10,12,18,20,24,27H,11,13H2,1-5H3,(H2,25,26,28)/t18-,20?/m1/s1. The van der Waals surface area contributed by atoms with E-state index >= 15 is 0 Å². The molecule has 0 fully saturated rings. The van der Waals surface area contributed by atoms with Crippen LogP contribution in [-0.2, 0) is 18.4 Å². The molecule has 0 saturated carbocycles. The van der Waals surface area contributed by atoms with Crippen LogP contribution in [0.3, 0.4) is 0 Å². The van der Waals surface area contributed by atoms with Gasteiger partial charge in [-0.05, 0) is 41.6 Å². The van der Waals surface area contributed by atoms with Crippen molar-refractivity contribution in [1.29, 1.82) is 0 Å². The average molecular weight is 398 g/mol.